The largest absolute Gasteiger partial charge is 0.368 e. The van der Waals surface area contributed by atoms with Crippen molar-refractivity contribution in [3.8, 4) is 11.3 Å². The van der Waals surface area contributed by atoms with Crippen LogP contribution in [0.1, 0.15) is 24.0 Å². The van der Waals surface area contributed by atoms with Crippen LogP contribution in [0.4, 0.5) is 5.95 Å². The molecule has 1 aliphatic rings. The Hall–Kier alpha value is -2.25. The second kappa shape index (κ2) is 5.99. The number of aryl methyl sites for hydroxylation is 2. The van der Waals surface area contributed by atoms with Crippen LogP contribution in [0.2, 0.25) is 0 Å². The third-order valence-electron chi connectivity index (χ3n) is 4.20. The van der Waals surface area contributed by atoms with Gasteiger partial charge in [0.15, 0.2) is 0 Å². The number of carbonyl (C=O) groups excluding carboxylic acids is 1. The molecule has 7 heteroatoms. The van der Waals surface area contributed by atoms with Crippen LogP contribution in [-0.2, 0) is 9.53 Å². The number of hydrogen-bond acceptors (Lipinski definition) is 5. The predicted octanol–water partition coefficient (Wildman–Crippen LogP) is 3.19. The average Bonchev–Trinajstić information content (AvgIpc) is 3.24. The number of rotatable bonds is 3. The zero-order chi connectivity index (χ0) is 16.7. The van der Waals surface area contributed by atoms with Gasteiger partial charge in [0.05, 0.1) is 5.69 Å². The average molecular weight is 342 g/mol. The Morgan fingerprint density at radius 1 is 1.42 bits per heavy atom. The number of nitrogens with one attached hydrogen (secondary N) is 1. The number of carbonyl (C=O) groups is 1. The summed E-state index contributed by atoms with van der Waals surface area (Å²) in [5, 5.41) is 9.25. The molecule has 24 heavy (non-hydrogen) atoms. The molecule has 3 heterocycles. The number of ether oxygens (including phenoxy) is 1. The number of nitrogens with zero attached hydrogens (tertiary/aromatic N) is 3. The summed E-state index contributed by atoms with van der Waals surface area (Å²) in [5.74, 6) is 0.159. The molecule has 0 radical (unpaired) electrons. The van der Waals surface area contributed by atoms with Crippen molar-refractivity contribution in [2.24, 2.45) is 0 Å². The molecule has 1 aromatic carbocycles. The highest BCUT2D eigenvalue weighted by Crippen LogP contribution is 2.29. The highest BCUT2D eigenvalue weighted by molar-refractivity contribution is 7.15. The first kappa shape index (κ1) is 15.3. The van der Waals surface area contributed by atoms with Crippen molar-refractivity contribution in [3.05, 3.63) is 34.7 Å². The van der Waals surface area contributed by atoms with Crippen LogP contribution < -0.4 is 5.32 Å². The summed E-state index contributed by atoms with van der Waals surface area (Å²) in [6, 6.07) is 6.33. The molecule has 0 spiro atoms. The highest BCUT2D eigenvalue weighted by Gasteiger charge is 2.25. The van der Waals surface area contributed by atoms with Gasteiger partial charge in [0.1, 0.15) is 6.10 Å². The molecule has 1 fully saturated rings. The summed E-state index contributed by atoms with van der Waals surface area (Å²) in [6.07, 6.45) is 1.29. The van der Waals surface area contributed by atoms with Crippen molar-refractivity contribution in [2.75, 3.05) is 11.9 Å². The monoisotopic (exact) mass is 342 g/mol. The van der Waals surface area contributed by atoms with Crippen molar-refractivity contribution in [2.45, 2.75) is 32.8 Å². The molecule has 1 unspecified atom stereocenters. The molecule has 6 nitrogen and oxygen atoms in total. The summed E-state index contributed by atoms with van der Waals surface area (Å²) in [4.78, 5) is 17.3. The van der Waals surface area contributed by atoms with Gasteiger partial charge < -0.3 is 4.74 Å². The predicted molar refractivity (Wildman–Crippen MR) is 93.4 cm³/mol. The van der Waals surface area contributed by atoms with Gasteiger partial charge in [-0.2, -0.15) is 4.98 Å². The molecule has 1 aliphatic heterocycles. The molecule has 1 atom stereocenters. The summed E-state index contributed by atoms with van der Waals surface area (Å²) < 4.78 is 7.18. The fraction of sp³-hybridized carbons (Fsp3) is 0.353. The number of fused-ring (bicyclic) bond motifs is 1. The summed E-state index contributed by atoms with van der Waals surface area (Å²) in [5.41, 5.74) is 4.52. The summed E-state index contributed by atoms with van der Waals surface area (Å²) in [6.45, 7) is 4.80. The first-order valence-corrected chi connectivity index (χ1v) is 8.84. The second-order valence-electron chi connectivity index (χ2n) is 6.06. The first-order valence-electron chi connectivity index (χ1n) is 7.96. The van der Waals surface area contributed by atoms with E-state index in [4.69, 9.17) is 4.74 Å². The van der Waals surface area contributed by atoms with Crippen molar-refractivity contribution in [3.63, 3.8) is 0 Å². The van der Waals surface area contributed by atoms with Crippen LogP contribution >= 0.6 is 11.3 Å². The van der Waals surface area contributed by atoms with Crippen LogP contribution in [0.5, 0.6) is 0 Å². The van der Waals surface area contributed by atoms with Gasteiger partial charge in [-0.25, -0.2) is 4.52 Å². The number of thiazole rings is 1. The lowest BCUT2D eigenvalue weighted by Crippen LogP contribution is -2.27. The van der Waals surface area contributed by atoms with Crippen LogP contribution in [0.3, 0.4) is 0 Å². The minimum Gasteiger partial charge on any atom is -0.368 e. The number of benzene rings is 1. The molecule has 4 rings (SSSR count). The zero-order valence-corrected chi connectivity index (χ0v) is 14.4. The third kappa shape index (κ3) is 2.70. The Labute approximate surface area is 143 Å². The van der Waals surface area contributed by atoms with E-state index in [2.05, 4.69) is 47.4 Å². The number of amides is 1. The Kier molecular flexibility index (Phi) is 3.82. The maximum Gasteiger partial charge on any atom is 0.255 e. The first-order chi connectivity index (χ1) is 11.6. The van der Waals surface area contributed by atoms with E-state index in [0.29, 0.717) is 12.6 Å². The minimum atomic E-state index is -0.384. The molecular formula is C17H18N4O2S. The van der Waals surface area contributed by atoms with E-state index >= 15 is 0 Å². The fourth-order valence-electron chi connectivity index (χ4n) is 3.00. The maximum absolute atomic E-state index is 12.1. The minimum absolute atomic E-state index is 0.168. The Balaban J connectivity index is 1.64. The van der Waals surface area contributed by atoms with Gasteiger partial charge in [0, 0.05) is 17.6 Å². The Morgan fingerprint density at radius 2 is 2.29 bits per heavy atom. The third-order valence-corrected chi connectivity index (χ3v) is 5.01. The van der Waals surface area contributed by atoms with Crippen LogP contribution in [0.15, 0.2) is 23.6 Å². The maximum atomic E-state index is 12.1. The molecule has 124 valence electrons. The number of aromatic nitrogens is 3. The SMILES string of the molecule is Cc1ccc(-c2csc3nc(NC(=O)C4CCCO4)nn23)c(C)c1. The van der Waals surface area contributed by atoms with E-state index in [9.17, 15) is 4.79 Å². The lowest BCUT2D eigenvalue weighted by Gasteiger charge is -2.07. The van der Waals surface area contributed by atoms with Crippen molar-refractivity contribution in [1.29, 1.82) is 0 Å². The van der Waals surface area contributed by atoms with Gasteiger partial charge in [0.25, 0.3) is 11.9 Å². The van der Waals surface area contributed by atoms with Gasteiger partial charge in [-0.3, -0.25) is 10.1 Å². The second-order valence-corrected chi connectivity index (χ2v) is 6.90. The summed E-state index contributed by atoms with van der Waals surface area (Å²) in [7, 11) is 0. The molecule has 3 aromatic rings. The number of hydrogen-bond donors (Lipinski definition) is 1. The van der Waals surface area contributed by atoms with Crippen LogP contribution in [0.25, 0.3) is 16.2 Å². The van der Waals surface area contributed by atoms with Crippen LogP contribution in [0, 0.1) is 13.8 Å². The molecule has 0 bridgehead atoms. The molecule has 1 amide bonds. The van der Waals surface area contributed by atoms with Crippen molar-refractivity contribution < 1.29 is 9.53 Å². The van der Waals surface area contributed by atoms with E-state index < -0.39 is 0 Å². The Morgan fingerprint density at radius 3 is 3.04 bits per heavy atom. The smallest absolute Gasteiger partial charge is 0.255 e. The molecule has 1 N–H and O–H groups in total. The Bertz CT molecular complexity index is 909. The van der Waals surface area contributed by atoms with E-state index in [1.165, 1.54) is 22.5 Å². The van der Waals surface area contributed by atoms with E-state index in [0.717, 1.165) is 29.1 Å². The topological polar surface area (TPSA) is 68.5 Å². The molecular weight excluding hydrogens is 324 g/mol. The van der Waals surface area contributed by atoms with E-state index in [1.807, 2.05) is 5.38 Å². The van der Waals surface area contributed by atoms with Gasteiger partial charge in [-0.05, 0) is 32.3 Å². The summed E-state index contributed by atoms with van der Waals surface area (Å²) >= 11 is 1.51. The molecule has 1 saturated heterocycles. The molecule has 0 aliphatic carbocycles. The van der Waals surface area contributed by atoms with Gasteiger partial charge in [-0.1, -0.05) is 23.8 Å². The number of anilines is 1. The molecule has 2 aromatic heterocycles. The zero-order valence-electron chi connectivity index (χ0n) is 13.6. The molecule has 0 saturated carbocycles. The van der Waals surface area contributed by atoms with Gasteiger partial charge in [0.2, 0.25) is 4.96 Å². The van der Waals surface area contributed by atoms with Gasteiger partial charge in [-0.15, -0.1) is 16.4 Å². The van der Waals surface area contributed by atoms with Crippen molar-refractivity contribution >= 4 is 28.2 Å². The standard InChI is InChI=1S/C17H18N4O2S/c1-10-5-6-12(11(2)8-10)13-9-24-17-19-16(20-21(13)17)18-15(22)14-4-3-7-23-14/h5-6,8-9,14H,3-4,7H2,1-2H3,(H,18,20,22). The van der Waals surface area contributed by atoms with Gasteiger partial charge >= 0.3 is 0 Å². The van der Waals surface area contributed by atoms with Crippen LogP contribution in [-0.4, -0.2) is 33.2 Å². The lowest BCUT2D eigenvalue weighted by molar-refractivity contribution is -0.124. The quantitative estimate of drug-likeness (QED) is 0.794. The van der Waals surface area contributed by atoms with Crippen molar-refractivity contribution in [1.82, 2.24) is 14.6 Å². The fourth-order valence-corrected chi connectivity index (χ4v) is 3.82. The highest BCUT2D eigenvalue weighted by atomic mass is 32.1. The lowest BCUT2D eigenvalue weighted by atomic mass is 10.0. The normalized spacial score (nSPS) is 17.5. The van der Waals surface area contributed by atoms with E-state index in [-0.39, 0.29) is 12.0 Å². The van der Waals surface area contributed by atoms with E-state index in [1.54, 1.807) is 4.52 Å².